The predicted octanol–water partition coefficient (Wildman–Crippen LogP) is 6.78. The van der Waals surface area contributed by atoms with Gasteiger partial charge in [-0.1, -0.05) is 35.6 Å². The topological polar surface area (TPSA) is 66.9 Å². The van der Waals surface area contributed by atoms with Crippen LogP contribution < -0.4 is 9.21 Å². The molecular weight excluding hydrogens is 589 g/mol. The molecule has 1 saturated heterocycles. The Morgan fingerprint density at radius 2 is 1.76 bits per heavy atom. The number of piperidine rings is 1. The van der Waals surface area contributed by atoms with E-state index in [-0.39, 0.29) is 22.8 Å². The molecule has 1 heterocycles. The van der Waals surface area contributed by atoms with Gasteiger partial charge in [0, 0.05) is 37.8 Å². The highest BCUT2D eigenvalue weighted by Gasteiger charge is 2.36. The molecule has 0 saturated carbocycles. The molecule has 204 valence electrons. The highest BCUT2D eigenvalue weighted by Crippen LogP contribution is 2.40. The summed E-state index contributed by atoms with van der Waals surface area (Å²) in [6.45, 7) is 7.40. The summed E-state index contributed by atoms with van der Waals surface area (Å²) in [6.07, 6.45) is -1.56. The third-order valence-corrected chi connectivity index (χ3v) is 10.1. The minimum Gasteiger partial charge on any atom is -0.370 e. The van der Waals surface area contributed by atoms with Crippen LogP contribution in [0.5, 0.6) is 0 Å². The van der Waals surface area contributed by atoms with Gasteiger partial charge in [0.15, 0.2) is 6.29 Å². The summed E-state index contributed by atoms with van der Waals surface area (Å²) < 4.78 is 76.4. The molecular formula is C25H32BrF3N2O4SSi. The maximum absolute atomic E-state index is 14.0. The van der Waals surface area contributed by atoms with Gasteiger partial charge in [-0.25, -0.2) is 12.7 Å². The number of carbonyl (C=O) groups is 1. The zero-order chi connectivity index (χ0) is 27.4. The Morgan fingerprint density at radius 1 is 1.08 bits per heavy atom. The van der Waals surface area contributed by atoms with E-state index in [0.29, 0.717) is 29.5 Å². The summed E-state index contributed by atoms with van der Waals surface area (Å²) in [5.41, 5.74) is -0.800. The lowest BCUT2D eigenvalue weighted by Crippen LogP contribution is -2.37. The number of benzene rings is 2. The van der Waals surface area contributed by atoms with Gasteiger partial charge in [0.05, 0.1) is 21.8 Å². The Kier molecular flexibility index (Phi) is 9.52. The first-order valence-electron chi connectivity index (χ1n) is 12.1. The maximum atomic E-state index is 14.0. The molecule has 0 aromatic heterocycles. The fourth-order valence-electron chi connectivity index (χ4n) is 4.04. The Hall–Kier alpha value is -1.89. The van der Waals surface area contributed by atoms with Crippen LogP contribution in [0.1, 0.15) is 35.2 Å². The highest BCUT2D eigenvalue weighted by atomic mass is 79.9. The van der Waals surface area contributed by atoms with Gasteiger partial charge in [-0.3, -0.25) is 4.79 Å². The number of halogens is 4. The van der Waals surface area contributed by atoms with Gasteiger partial charge in [-0.2, -0.15) is 13.2 Å². The van der Waals surface area contributed by atoms with Gasteiger partial charge in [-0.05, 0) is 61.7 Å². The van der Waals surface area contributed by atoms with Crippen LogP contribution in [0.25, 0.3) is 0 Å². The smallest absolute Gasteiger partial charge is 0.370 e. The molecule has 0 N–H and O–H groups in total. The number of anilines is 2. The van der Waals surface area contributed by atoms with E-state index in [2.05, 4.69) is 35.6 Å². The van der Waals surface area contributed by atoms with Crippen LogP contribution in [0.15, 0.2) is 45.8 Å². The molecule has 0 atom stereocenters. The Bertz CT molecular complexity index is 1210. The van der Waals surface area contributed by atoms with Crippen LogP contribution in [0.3, 0.4) is 0 Å². The van der Waals surface area contributed by atoms with Crippen molar-refractivity contribution in [3.63, 3.8) is 0 Å². The molecule has 1 aliphatic rings. The zero-order valence-electron chi connectivity index (χ0n) is 21.1. The maximum Gasteiger partial charge on any atom is 0.416 e. The number of sulfonamides is 1. The average molecular weight is 622 g/mol. The molecule has 0 aliphatic carbocycles. The molecule has 0 amide bonds. The lowest BCUT2D eigenvalue weighted by atomic mass is 10.1. The van der Waals surface area contributed by atoms with Crippen molar-refractivity contribution >= 4 is 51.7 Å². The molecule has 0 radical (unpaired) electrons. The lowest BCUT2D eigenvalue weighted by molar-refractivity contribution is -0.137. The van der Waals surface area contributed by atoms with Crippen LogP contribution in [0, 0.1) is 0 Å². The fraction of sp³-hybridized carbons (Fsp3) is 0.480. The Balaban J connectivity index is 2.18. The van der Waals surface area contributed by atoms with Gasteiger partial charge >= 0.3 is 6.18 Å². The van der Waals surface area contributed by atoms with E-state index < -0.39 is 36.6 Å². The van der Waals surface area contributed by atoms with E-state index in [0.717, 1.165) is 41.7 Å². The normalized spacial score (nSPS) is 15.1. The monoisotopic (exact) mass is 620 g/mol. The second-order valence-corrected chi connectivity index (χ2v) is 18.6. The van der Waals surface area contributed by atoms with Crippen molar-refractivity contribution in [2.24, 2.45) is 0 Å². The van der Waals surface area contributed by atoms with E-state index in [1.807, 2.05) is 4.90 Å². The number of hydrogen-bond acceptors (Lipinski definition) is 5. The van der Waals surface area contributed by atoms with E-state index in [1.165, 1.54) is 24.3 Å². The third kappa shape index (κ3) is 7.58. The van der Waals surface area contributed by atoms with Crippen LogP contribution in [0.2, 0.25) is 25.7 Å². The van der Waals surface area contributed by atoms with Crippen LogP contribution in [-0.4, -0.2) is 49.2 Å². The second-order valence-electron chi connectivity index (χ2n) is 10.3. The minimum absolute atomic E-state index is 0.0956. The van der Waals surface area contributed by atoms with E-state index in [9.17, 15) is 26.4 Å². The quantitative estimate of drug-likeness (QED) is 0.127. The molecule has 1 aliphatic heterocycles. The number of alkyl halides is 3. The molecule has 2 aromatic rings. The van der Waals surface area contributed by atoms with Crippen molar-refractivity contribution < 1.29 is 31.1 Å². The molecule has 0 unspecified atom stereocenters. The minimum atomic E-state index is -4.67. The number of carbonyl (C=O) groups excluding carboxylic acids is 1. The van der Waals surface area contributed by atoms with Gasteiger partial charge in [0.1, 0.15) is 6.73 Å². The van der Waals surface area contributed by atoms with Crippen molar-refractivity contribution in [3.8, 4) is 0 Å². The SMILES string of the molecule is C[Si](C)(C)CCOCN(c1cc(C(F)(F)F)ccc1N1CCCCC1)S(=O)(=O)c1cc(Br)ccc1C=O. The van der Waals surface area contributed by atoms with Crippen molar-refractivity contribution in [1.82, 2.24) is 0 Å². The first-order chi connectivity index (χ1) is 17.2. The number of ether oxygens (including phenoxy) is 1. The Labute approximate surface area is 226 Å². The largest absolute Gasteiger partial charge is 0.416 e. The van der Waals surface area contributed by atoms with Crippen molar-refractivity contribution in [3.05, 3.63) is 52.0 Å². The summed E-state index contributed by atoms with van der Waals surface area (Å²) in [4.78, 5) is 13.3. The standard InChI is InChI=1S/C25H32BrF3N2O4SSi/c1-37(2,3)14-13-35-18-31(36(33,34)24-16-21(26)9-7-19(24)17-32)23-15-20(25(27,28)29)8-10-22(23)30-11-5-4-6-12-30/h7-10,15-17H,4-6,11-14,18H2,1-3H3. The predicted molar refractivity (Wildman–Crippen MR) is 146 cm³/mol. The van der Waals surface area contributed by atoms with Gasteiger partial charge in [-0.15, -0.1) is 0 Å². The van der Waals surface area contributed by atoms with E-state index in [1.54, 1.807) is 0 Å². The summed E-state index contributed by atoms with van der Waals surface area (Å²) in [7, 11) is -6.01. The molecule has 3 rings (SSSR count). The molecule has 1 fully saturated rings. The fourth-order valence-corrected chi connectivity index (χ4v) is 6.86. The van der Waals surface area contributed by atoms with Crippen molar-refractivity contribution in [2.45, 2.75) is 56.0 Å². The van der Waals surface area contributed by atoms with Crippen LogP contribution in [-0.2, 0) is 20.9 Å². The van der Waals surface area contributed by atoms with Crippen molar-refractivity contribution in [1.29, 1.82) is 0 Å². The molecule has 6 nitrogen and oxygen atoms in total. The highest BCUT2D eigenvalue weighted by molar-refractivity contribution is 9.10. The summed E-state index contributed by atoms with van der Waals surface area (Å²) in [5, 5.41) is 0. The summed E-state index contributed by atoms with van der Waals surface area (Å²) >= 11 is 3.24. The molecule has 0 bridgehead atoms. The molecule has 0 spiro atoms. The first kappa shape index (κ1) is 29.7. The molecule has 12 heteroatoms. The summed E-state index contributed by atoms with van der Waals surface area (Å²) in [6, 6.07) is 8.08. The van der Waals surface area contributed by atoms with Gasteiger partial charge < -0.3 is 9.64 Å². The van der Waals surface area contributed by atoms with E-state index in [4.69, 9.17) is 4.74 Å². The summed E-state index contributed by atoms with van der Waals surface area (Å²) in [5.74, 6) is 0. The van der Waals surface area contributed by atoms with Gasteiger partial charge in [0.2, 0.25) is 0 Å². The number of hydrogen-bond donors (Lipinski definition) is 0. The average Bonchev–Trinajstić information content (AvgIpc) is 2.83. The number of aldehydes is 1. The van der Waals surface area contributed by atoms with Crippen LogP contribution in [0.4, 0.5) is 24.5 Å². The van der Waals surface area contributed by atoms with E-state index >= 15 is 0 Å². The number of nitrogens with zero attached hydrogens (tertiary/aromatic N) is 2. The van der Waals surface area contributed by atoms with Crippen molar-refractivity contribution in [2.75, 3.05) is 35.6 Å². The van der Waals surface area contributed by atoms with Gasteiger partial charge in [0.25, 0.3) is 10.0 Å². The molecule has 2 aromatic carbocycles. The molecule has 37 heavy (non-hydrogen) atoms. The zero-order valence-corrected chi connectivity index (χ0v) is 24.5. The second kappa shape index (κ2) is 11.9. The van der Waals surface area contributed by atoms with Crippen LogP contribution >= 0.6 is 15.9 Å². The number of rotatable bonds is 10. The lowest BCUT2D eigenvalue weighted by Gasteiger charge is -2.34. The third-order valence-electron chi connectivity index (χ3n) is 6.14. The first-order valence-corrected chi connectivity index (χ1v) is 18.0. The Morgan fingerprint density at radius 3 is 2.35 bits per heavy atom.